The minimum absolute atomic E-state index is 0.252. The van der Waals surface area contributed by atoms with Crippen molar-refractivity contribution >= 4 is 23.6 Å². The molecule has 7 heteroatoms. The molecule has 2 aromatic carbocycles. The van der Waals surface area contributed by atoms with Crippen molar-refractivity contribution in [1.82, 2.24) is 10.6 Å². The van der Waals surface area contributed by atoms with E-state index >= 15 is 0 Å². The third-order valence-electron chi connectivity index (χ3n) is 3.52. The van der Waals surface area contributed by atoms with Crippen molar-refractivity contribution in [3.63, 3.8) is 0 Å². The Bertz CT molecular complexity index is 764. The van der Waals surface area contributed by atoms with E-state index in [1.807, 2.05) is 18.2 Å². The second-order valence-corrected chi connectivity index (χ2v) is 5.56. The lowest BCUT2D eigenvalue weighted by Crippen LogP contribution is -2.34. The monoisotopic (exact) mass is 362 g/mol. The smallest absolute Gasteiger partial charge is 0.341 e. The number of ether oxygens (including phenoxy) is 2. The molecule has 0 aliphatic carbocycles. The largest absolute Gasteiger partial charge is 0.496 e. The van der Waals surface area contributed by atoms with Crippen LogP contribution in [0.15, 0.2) is 42.5 Å². The number of carbonyl (C=O) groups is 2. The van der Waals surface area contributed by atoms with Crippen molar-refractivity contribution in [3.05, 3.63) is 64.2 Å². The van der Waals surface area contributed by atoms with Gasteiger partial charge in [-0.05, 0) is 29.3 Å². The zero-order chi connectivity index (χ0) is 18.2. The number of rotatable bonds is 6. The summed E-state index contributed by atoms with van der Waals surface area (Å²) in [6.45, 7) is 0.573. The van der Waals surface area contributed by atoms with Gasteiger partial charge < -0.3 is 20.1 Å². The molecule has 6 nitrogen and oxygen atoms in total. The van der Waals surface area contributed by atoms with Crippen LogP contribution < -0.4 is 15.4 Å². The fourth-order valence-corrected chi connectivity index (χ4v) is 2.40. The summed E-state index contributed by atoms with van der Waals surface area (Å²) in [4.78, 5) is 23.7. The van der Waals surface area contributed by atoms with Crippen LogP contribution in [0.1, 0.15) is 21.5 Å². The average Bonchev–Trinajstić information content (AvgIpc) is 2.64. The maximum absolute atomic E-state index is 11.9. The van der Waals surface area contributed by atoms with Crippen LogP contribution in [0.3, 0.4) is 0 Å². The predicted octanol–water partition coefficient (Wildman–Crippen LogP) is 3.13. The molecule has 0 aliphatic heterocycles. The van der Waals surface area contributed by atoms with Crippen LogP contribution in [0.2, 0.25) is 5.02 Å². The summed E-state index contributed by atoms with van der Waals surface area (Å²) in [6.07, 6.45) is 0. The number of nitrogens with one attached hydrogen (secondary N) is 2. The normalized spacial score (nSPS) is 10.0. The standard InChI is InChI=1S/C18H19ClN2O4/c1-24-16-8-7-12(9-14(16)17(22)25-2)10-20-18(23)21-11-13-5-3-4-6-15(13)19/h3-9H,10-11H2,1-2H3,(H2,20,21,23). The van der Waals surface area contributed by atoms with E-state index in [0.29, 0.717) is 22.9 Å². The van der Waals surface area contributed by atoms with Crippen LogP contribution in [0.5, 0.6) is 5.75 Å². The van der Waals surface area contributed by atoms with E-state index in [1.165, 1.54) is 14.2 Å². The molecule has 2 N–H and O–H groups in total. The second-order valence-electron chi connectivity index (χ2n) is 5.15. The van der Waals surface area contributed by atoms with E-state index in [9.17, 15) is 9.59 Å². The Morgan fingerprint density at radius 2 is 1.76 bits per heavy atom. The van der Waals surface area contributed by atoms with E-state index in [-0.39, 0.29) is 12.6 Å². The van der Waals surface area contributed by atoms with Crippen LogP contribution in [0.25, 0.3) is 0 Å². The lowest BCUT2D eigenvalue weighted by molar-refractivity contribution is 0.0597. The molecule has 2 amide bonds. The summed E-state index contributed by atoms with van der Waals surface area (Å²) in [7, 11) is 2.77. The van der Waals surface area contributed by atoms with Gasteiger partial charge in [0.15, 0.2) is 0 Å². The Morgan fingerprint density at radius 3 is 2.44 bits per heavy atom. The van der Waals surface area contributed by atoms with Crippen molar-refractivity contribution in [1.29, 1.82) is 0 Å². The molecule has 0 fully saturated rings. The molecular formula is C18H19ClN2O4. The van der Waals surface area contributed by atoms with Gasteiger partial charge in [-0.2, -0.15) is 0 Å². The minimum Gasteiger partial charge on any atom is -0.496 e. The third-order valence-corrected chi connectivity index (χ3v) is 3.89. The molecule has 132 valence electrons. The van der Waals surface area contributed by atoms with Gasteiger partial charge in [0, 0.05) is 18.1 Å². The summed E-state index contributed by atoms with van der Waals surface area (Å²) in [5.74, 6) is -0.0827. The number of benzene rings is 2. The van der Waals surface area contributed by atoms with Crippen molar-refractivity contribution in [3.8, 4) is 5.75 Å². The van der Waals surface area contributed by atoms with Crippen molar-refractivity contribution in [2.24, 2.45) is 0 Å². The van der Waals surface area contributed by atoms with Gasteiger partial charge >= 0.3 is 12.0 Å². The van der Waals surface area contributed by atoms with Gasteiger partial charge in [-0.3, -0.25) is 0 Å². The minimum atomic E-state index is -0.498. The van der Waals surface area contributed by atoms with Crippen LogP contribution in [-0.4, -0.2) is 26.2 Å². The maximum atomic E-state index is 11.9. The van der Waals surface area contributed by atoms with Gasteiger partial charge in [0.25, 0.3) is 0 Å². The van der Waals surface area contributed by atoms with Gasteiger partial charge in [-0.15, -0.1) is 0 Å². The maximum Gasteiger partial charge on any atom is 0.341 e. The van der Waals surface area contributed by atoms with E-state index in [4.69, 9.17) is 21.1 Å². The average molecular weight is 363 g/mol. The van der Waals surface area contributed by atoms with Crippen LogP contribution in [0, 0.1) is 0 Å². The van der Waals surface area contributed by atoms with Gasteiger partial charge in [0.05, 0.1) is 14.2 Å². The van der Waals surface area contributed by atoms with Crippen molar-refractivity contribution in [2.75, 3.05) is 14.2 Å². The molecule has 0 aromatic heterocycles. The summed E-state index contributed by atoms with van der Waals surface area (Å²) in [6, 6.07) is 12.0. The summed E-state index contributed by atoms with van der Waals surface area (Å²) >= 11 is 6.04. The Kier molecular flexibility index (Phi) is 6.65. The Balaban J connectivity index is 1.93. The molecule has 0 spiro atoms. The predicted molar refractivity (Wildman–Crippen MR) is 94.9 cm³/mol. The van der Waals surface area contributed by atoms with Crippen LogP contribution in [-0.2, 0) is 17.8 Å². The van der Waals surface area contributed by atoms with Gasteiger partial charge in [-0.1, -0.05) is 35.9 Å². The second kappa shape index (κ2) is 8.94. The molecule has 0 saturated heterocycles. The highest BCUT2D eigenvalue weighted by molar-refractivity contribution is 6.31. The third kappa shape index (κ3) is 5.12. The fraction of sp³-hybridized carbons (Fsp3) is 0.222. The first-order valence-electron chi connectivity index (χ1n) is 7.55. The Hall–Kier alpha value is -2.73. The lowest BCUT2D eigenvalue weighted by Gasteiger charge is -2.11. The molecule has 0 bridgehead atoms. The quantitative estimate of drug-likeness (QED) is 0.774. The molecule has 0 heterocycles. The zero-order valence-corrected chi connectivity index (χ0v) is 14.7. The van der Waals surface area contributed by atoms with Crippen LogP contribution in [0.4, 0.5) is 4.79 Å². The molecule has 2 rings (SSSR count). The number of amides is 2. The molecule has 0 aliphatic rings. The molecule has 0 saturated carbocycles. The molecule has 0 radical (unpaired) electrons. The molecule has 2 aromatic rings. The van der Waals surface area contributed by atoms with Crippen LogP contribution >= 0.6 is 11.6 Å². The number of hydrogen-bond donors (Lipinski definition) is 2. The fourth-order valence-electron chi connectivity index (χ4n) is 2.20. The number of hydrogen-bond acceptors (Lipinski definition) is 4. The van der Waals surface area contributed by atoms with E-state index in [1.54, 1.807) is 24.3 Å². The van der Waals surface area contributed by atoms with E-state index < -0.39 is 5.97 Å². The number of esters is 1. The molecule has 0 atom stereocenters. The number of carbonyl (C=O) groups excluding carboxylic acids is 2. The molecular weight excluding hydrogens is 344 g/mol. The number of methoxy groups -OCH3 is 2. The summed E-state index contributed by atoms with van der Waals surface area (Å²) < 4.78 is 9.86. The first-order chi connectivity index (χ1) is 12.0. The van der Waals surface area contributed by atoms with Crippen molar-refractivity contribution < 1.29 is 19.1 Å². The van der Waals surface area contributed by atoms with Gasteiger partial charge in [-0.25, -0.2) is 9.59 Å². The summed E-state index contributed by atoms with van der Waals surface area (Å²) in [5.41, 5.74) is 1.88. The Morgan fingerprint density at radius 1 is 1.04 bits per heavy atom. The van der Waals surface area contributed by atoms with Gasteiger partial charge in [0.2, 0.25) is 0 Å². The highest BCUT2D eigenvalue weighted by Gasteiger charge is 2.13. The van der Waals surface area contributed by atoms with E-state index in [2.05, 4.69) is 10.6 Å². The topological polar surface area (TPSA) is 76.7 Å². The van der Waals surface area contributed by atoms with Gasteiger partial charge in [0.1, 0.15) is 11.3 Å². The summed E-state index contributed by atoms with van der Waals surface area (Å²) in [5, 5.41) is 6.05. The highest BCUT2D eigenvalue weighted by Crippen LogP contribution is 2.20. The first kappa shape index (κ1) is 18.6. The van der Waals surface area contributed by atoms with E-state index in [0.717, 1.165) is 11.1 Å². The Labute approximate surface area is 151 Å². The first-order valence-corrected chi connectivity index (χ1v) is 7.93. The molecule has 25 heavy (non-hydrogen) atoms. The zero-order valence-electron chi connectivity index (χ0n) is 14.0. The van der Waals surface area contributed by atoms with Crippen molar-refractivity contribution in [2.45, 2.75) is 13.1 Å². The highest BCUT2D eigenvalue weighted by atomic mass is 35.5. The number of urea groups is 1. The SMILES string of the molecule is COC(=O)c1cc(CNC(=O)NCc2ccccc2Cl)ccc1OC. The molecule has 0 unspecified atom stereocenters. The number of halogens is 1. The lowest BCUT2D eigenvalue weighted by atomic mass is 10.1.